The van der Waals surface area contributed by atoms with Crippen molar-refractivity contribution in [2.45, 2.75) is 26.9 Å². The van der Waals surface area contributed by atoms with E-state index in [-0.39, 0.29) is 11.5 Å². The molecule has 0 amide bonds. The lowest BCUT2D eigenvalue weighted by atomic mass is 10.1. The Balaban J connectivity index is 1.92. The fourth-order valence-electron chi connectivity index (χ4n) is 3.13. The minimum absolute atomic E-state index is 0.0869. The van der Waals surface area contributed by atoms with Crippen molar-refractivity contribution in [3.05, 3.63) is 69.3 Å². The number of nitrogens with zero attached hydrogens (tertiary/aromatic N) is 1. The largest absolute Gasteiger partial charge is 0.508 e. The molecule has 0 aliphatic heterocycles. The van der Waals surface area contributed by atoms with E-state index in [1.807, 2.05) is 13.0 Å². The minimum atomic E-state index is -0.460. The van der Waals surface area contributed by atoms with Crippen LogP contribution in [0.3, 0.4) is 0 Å². The van der Waals surface area contributed by atoms with Crippen LogP contribution in [0, 0.1) is 12.7 Å². The summed E-state index contributed by atoms with van der Waals surface area (Å²) in [7, 11) is 1.43. The van der Waals surface area contributed by atoms with Gasteiger partial charge in [0.05, 0.1) is 7.11 Å². The lowest BCUT2D eigenvalue weighted by molar-refractivity contribution is 0.271. The Bertz CT molecular complexity index is 1030. The summed E-state index contributed by atoms with van der Waals surface area (Å²) < 4.78 is 24.2. The monoisotopic (exact) mass is 371 g/mol. The Hall–Kier alpha value is -2.86. The average Bonchev–Trinajstić information content (AvgIpc) is 2.64. The summed E-state index contributed by atoms with van der Waals surface area (Å²) >= 11 is 0. The molecule has 6 heteroatoms. The van der Waals surface area contributed by atoms with Crippen LogP contribution in [0.2, 0.25) is 0 Å². The number of methoxy groups -OCH3 is 1. The van der Waals surface area contributed by atoms with Gasteiger partial charge in [-0.3, -0.25) is 4.90 Å². The first-order valence-electron chi connectivity index (χ1n) is 8.73. The van der Waals surface area contributed by atoms with Gasteiger partial charge >= 0.3 is 5.63 Å². The van der Waals surface area contributed by atoms with Gasteiger partial charge in [-0.25, -0.2) is 9.18 Å². The summed E-state index contributed by atoms with van der Waals surface area (Å²) in [6.45, 7) is 5.45. The highest BCUT2D eigenvalue weighted by Crippen LogP contribution is 2.28. The van der Waals surface area contributed by atoms with Gasteiger partial charge in [0.1, 0.15) is 11.3 Å². The first kappa shape index (κ1) is 18.9. The van der Waals surface area contributed by atoms with Crippen LogP contribution >= 0.6 is 0 Å². The number of fused-ring (bicyclic) bond motifs is 1. The van der Waals surface area contributed by atoms with Gasteiger partial charge in [0.2, 0.25) is 0 Å². The van der Waals surface area contributed by atoms with E-state index in [1.54, 1.807) is 25.1 Å². The predicted molar refractivity (Wildman–Crippen MR) is 102 cm³/mol. The van der Waals surface area contributed by atoms with Gasteiger partial charge in [0.15, 0.2) is 11.6 Å². The van der Waals surface area contributed by atoms with Gasteiger partial charge in [-0.2, -0.15) is 0 Å². The maximum atomic E-state index is 14.0. The van der Waals surface area contributed by atoms with Crippen molar-refractivity contribution in [3.63, 3.8) is 0 Å². The van der Waals surface area contributed by atoms with Crippen LogP contribution < -0.4 is 10.4 Å². The third-order valence-corrected chi connectivity index (χ3v) is 4.68. The zero-order valence-corrected chi connectivity index (χ0v) is 15.6. The zero-order valence-electron chi connectivity index (χ0n) is 15.6. The maximum Gasteiger partial charge on any atom is 0.336 e. The summed E-state index contributed by atoms with van der Waals surface area (Å²) in [6.07, 6.45) is 0. The van der Waals surface area contributed by atoms with Crippen LogP contribution in [0.4, 0.5) is 4.39 Å². The standard InChI is InChI=1S/C21H22FNO4/c1-4-23(11-14-5-8-19(26-3)17(22)9-14)12-15-10-20(25)27-21-13(2)18(24)7-6-16(15)21/h5-10,24H,4,11-12H2,1-3H3. The van der Waals surface area contributed by atoms with Crippen molar-refractivity contribution in [1.29, 1.82) is 0 Å². The zero-order chi connectivity index (χ0) is 19.6. The molecular formula is C21H22FNO4. The van der Waals surface area contributed by atoms with E-state index in [0.717, 1.165) is 16.5 Å². The number of ether oxygens (including phenoxy) is 1. The van der Waals surface area contributed by atoms with Crippen molar-refractivity contribution in [2.75, 3.05) is 13.7 Å². The number of phenolic OH excluding ortho intramolecular Hbond substituents is 1. The lowest BCUT2D eigenvalue weighted by Gasteiger charge is -2.21. The molecule has 2 aromatic carbocycles. The van der Waals surface area contributed by atoms with Crippen molar-refractivity contribution in [3.8, 4) is 11.5 Å². The van der Waals surface area contributed by atoms with Crippen LogP contribution in [0.5, 0.6) is 11.5 Å². The first-order chi connectivity index (χ1) is 12.9. The molecular weight excluding hydrogens is 349 g/mol. The number of phenols is 1. The van der Waals surface area contributed by atoms with E-state index in [0.29, 0.717) is 30.8 Å². The third-order valence-electron chi connectivity index (χ3n) is 4.68. The summed E-state index contributed by atoms with van der Waals surface area (Å²) in [4.78, 5) is 14.1. The fourth-order valence-corrected chi connectivity index (χ4v) is 3.13. The van der Waals surface area contributed by atoms with Crippen LogP contribution in [0.25, 0.3) is 11.0 Å². The molecule has 1 N–H and O–H groups in total. The number of rotatable bonds is 6. The number of benzene rings is 2. The predicted octanol–water partition coefficient (Wildman–Crippen LogP) is 3.98. The summed E-state index contributed by atoms with van der Waals surface area (Å²) in [6, 6.07) is 9.70. The molecule has 0 saturated heterocycles. The minimum Gasteiger partial charge on any atom is -0.508 e. The molecule has 27 heavy (non-hydrogen) atoms. The van der Waals surface area contributed by atoms with E-state index in [4.69, 9.17) is 9.15 Å². The molecule has 3 rings (SSSR count). The first-order valence-corrected chi connectivity index (χ1v) is 8.73. The van der Waals surface area contributed by atoms with Crippen LogP contribution in [-0.2, 0) is 13.1 Å². The van der Waals surface area contributed by atoms with Gasteiger partial charge in [0.25, 0.3) is 0 Å². The Labute approximate surface area is 156 Å². The molecule has 0 fully saturated rings. The number of halogens is 1. The molecule has 1 heterocycles. The highest BCUT2D eigenvalue weighted by molar-refractivity contribution is 5.84. The van der Waals surface area contributed by atoms with Crippen molar-refractivity contribution in [1.82, 2.24) is 4.90 Å². The number of aromatic hydroxyl groups is 1. The summed E-state index contributed by atoms with van der Waals surface area (Å²) in [5.74, 6) is -0.101. The Kier molecular flexibility index (Phi) is 5.46. The molecule has 0 bridgehead atoms. The third kappa shape index (κ3) is 3.95. The molecule has 0 unspecified atom stereocenters. The molecule has 1 aromatic heterocycles. The highest BCUT2D eigenvalue weighted by atomic mass is 19.1. The molecule has 0 radical (unpaired) electrons. The number of aryl methyl sites for hydroxylation is 1. The second-order valence-electron chi connectivity index (χ2n) is 6.45. The van der Waals surface area contributed by atoms with Gasteiger partial charge in [0, 0.05) is 30.1 Å². The highest BCUT2D eigenvalue weighted by Gasteiger charge is 2.14. The second-order valence-corrected chi connectivity index (χ2v) is 6.45. The topological polar surface area (TPSA) is 62.9 Å². The second kappa shape index (κ2) is 7.80. The summed E-state index contributed by atoms with van der Waals surface area (Å²) in [5, 5.41) is 10.7. The van der Waals surface area contributed by atoms with E-state index in [9.17, 15) is 14.3 Å². The smallest absolute Gasteiger partial charge is 0.336 e. The average molecular weight is 371 g/mol. The Morgan fingerprint density at radius 2 is 1.96 bits per heavy atom. The molecule has 5 nitrogen and oxygen atoms in total. The van der Waals surface area contributed by atoms with Crippen molar-refractivity contribution < 1.29 is 18.7 Å². The summed E-state index contributed by atoms with van der Waals surface area (Å²) in [5.41, 5.74) is 2.09. The molecule has 0 aliphatic carbocycles. The Morgan fingerprint density at radius 1 is 1.19 bits per heavy atom. The fraction of sp³-hybridized carbons (Fsp3) is 0.286. The Morgan fingerprint density at radius 3 is 2.63 bits per heavy atom. The van der Waals surface area contributed by atoms with E-state index >= 15 is 0 Å². The van der Waals surface area contributed by atoms with Crippen LogP contribution in [0.1, 0.15) is 23.6 Å². The maximum absolute atomic E-state index is 14.0. The van der Waals surface area contributed by atoms with Crippen LogP contribution in [-0.4, -0.2) is 23.7 Å². The molecule has 0 aliphatic rings. The normalized spacial score (nSPS) is 11.3. The quantitative estimate of drug-likeness (QED) is 0.664. The van der Waals surface area contributed by atoms with Gasteiger partial charge in [-0.15, -0.1) is 0 Å². The SMILES string of the molecule is CCN(Cc1ccc(OC)c(F)c1)Cc1cc(=O)oc2c(C)c(O)ccc12. The van der Waals surface area contributed by atoms with Gasteiger partial charge < -0.3 is 14.3 Å². The van der Waals surface area contributed by atoms with Crippen LogP contribution in [0.15, 0.2) is 45.6 Å². The van der Waals surface area contributed by atoms with Gasteiger partial charge in [-0.05, 0) is 48.9 Å². The number of hydrogen-bond donors (Lipinski definition) is 1. The number of hydrogen-bond acceptors (Lipinski definition) is 5. The molecule has 0 saturated carbocycles. The van der Waals surface area contributed by atoms with E-state index in [2.05, 4.69) is 4.90 Å². The van der Waals surface area contributed by atoms with Gasteiger partial charge in [-0.1, -0.05) is 13.0 Å². The van der Waals surface area contributed by atoms with Crippen molar-refractivity contribution in [2.24, 2.45) is 0 Å². The lowest BCUT2D eigenvalue weighted by Crippen LogP contribution is -2.23. The molecule has 0 atom stereocenters. The molecule has 3 aromatic rings. The van der Waals surface area contributed by atoms with E-state index in [1.165, 1.54) is 19.2 Å². The molecule has 0 spiro atoms. The van der Waals surface area contributed by atoms with E-state index < -0.39 is 11.4 Å². The van der Waals surface area contributed by atoms with Crippen molar-refractivity contribution >= 4 is 11.0 Å². The molecule has 142 valence electrons.